The molecule has 0 saturated carbocycles. The van der Waals surface area contributed by atoms with Crippen molar-refractivity contribution in [1.82, 2.24) is 41.3 Å². The van der Waals surface area contributed by atoms with E-state index in [1.807, 2.05) is 61.6 Å². The van der Waals surface area contributed by atoms with Crippen LogP contribution in [0.5, 0.6) is 0 Å². The van der Waals surface area contributed by atoms with Crippen molar-refractivity contribution >= 4 is 65.0 Å². The molecular formula is C47H81N9O10S. The Labute approximate surface area is 401 Å². The van der Waals surface area contributed by atoms with Gasteiger partial charge in [0.25, 0.3) is 0 Å². The molecule has 19 nitrogen and oxygen atoms in total. The summed E-state index contributed by atoms with van der Waals surface area (Å²) in [5.74, 6) is -4.70. The first-order valence-electron chi connectivity index (χ1n) is 24.4. The molecular weight excluding hydrogens is 883 g/mol. The molecule has 0 bridgehead atoms. The lowest BCUT2D eigenvalue weighted by Crippen LogP contribution is -2.60. The number of carboxylic acids is 1. The molecule has 9 atom stereocenters. The first kappa shape index (κ1) is 56.9. The molecule has 3 rings (SSSR count). The summed E-state index contributed by atoms with van der Waals surface area (Å²) >= 11 is 1.46. The van der Waals surface area contributed by atoms with E-state index in [9.17, 15) is 48.3 Å². The van der Waals surface area contributed by atoms with Crippen molar-refractivity contribution in [3.63, 3.8) is 0 Å². The number of amides is 8. The Bertz CT molecular complexity index is 1750. The zero-order valence-electron chi connectivity index (χ0n) is 41.6. The number of carboxylic acid groups (broad SMARTS) is 1. The van der Waals surface area contributed by atoms with E-state index in [0.717, 1.165) is 0 Å². The number of hydrogen-bond acceptors (Lipinski definition) is 11. The fourth-order valence-corrected chi connectivity index (χ4v) is 9.62. The van der Waals surface area contributed by atoms with E-state index in [1.54, 1.807) is 0 Å². The molecule has 67 heavy (non-hydrogen) atoms. The van der Waals surface area contributed by atoms with Gasteiger partial charge in [0.05, 0.1) is 6.04 Å². The molecule has 8 amide bonds. The van der Waals surface area contributed by atoms with Crippen LogP contribution in [0.25, 0.3) is 0 Å². The number of likely N-dealkylation sites (tertiary alicyclic amines) is 3. The maximum absolute atomic E-state index is 14.4. The molecule has 3 saturated heterocycles. The lowest BCUT2D eigenvalue weighted by atomic mass is 9.99. The monoisotopic (exact) mass is 964 g/mol. The van der Waals surface area contributed by atoms with Gasteiger partial charge >= 0.3 is 5.97 Å². The van der Waals surface area contributed by atoms with E-state index in [2.05, 4.69) is 26.6 Å². The largest absolute Gasteiger partial charge is 0.480 e. The number of rotatable bonds is 25. The first-order valence-corrected chi connectivity index (χ1v) is 25.8. The van der Waals surface area contributed by atoms with Gasteiger partial charge in [0.1, 0.15) is 48.3 Å². The maximum Gasteiger partial charge on any atom is 0.326 e. The molecule has 0 radical (unpaired) electrons. The van der Waals surface area contributed by atoms with Gasteiger partial charge in [0.2, 0.25) is 47.3 Å². The highest BCUT2D eigenvalue weighted by atomic mass is 32.2. The fourth-order valence-electron chi connectivity index (χ4n) is 9.14. The standard InChI is InChI=1S/C47H81N9O10S/c1-26(2)22-32(42(60)53-35(47(65)66)25-29(7)8)50-40(58)31(17-21-67-10)49-41(59)33(23-27(3)4)51-43(61)36-14-11-18-54(36)45(63)38-16-13-20-56(38)46(64)37-15-12-19-55(37)44(62)34(24-28(5)6)52-39(57)30(9)48/h26-38H,11-25,48H2,1-10H3,(H,49,59)(H,50,58)(H,51,61)(H,52,57)(H,53,60)(H,65,66)/t30-,31-,32-,33-,34-,35-,36-,37-,38-/m0/s1. The summed E-state index contributed by atoms with van der Waals surface area (Å²) < 4.78 is 0. The third-order valence-electron chi connectivity index (χ3n) is 12.5. The highest BCUT2D eigenvalue weighted by Crippen LogP contribution is 2.29. The summed E-state index contributed by atoms with van der Waals surface area (Å²) in [6.07, 6.45) is 5.84. The third-order valence-corrected chi connectivity index (χ3v) is 13.1. The van der Waals surface area contributed by atoms with E-state index in [4.69, 9.17) is 5.73 Å². The fraction of sp³-hybridized carbons (Fsp3) is 0.809. The maximum atomic E-state index is 14.4. The summed E-state index contributed by atoms with van der Waals surface area (Å²) in [5.41, 5.74) is 5.79. The van der Waals surface area contributed by atoms with Crippen LogP contribution < -0.4 is 32.3 Å². The zero-order valence-corrected chi connectivity index (χ0v) is 42.4. The van der Waals surface area contributed by atoms with Crippen LogP contribution in [0.2, 0.25) is 0 Å². The summed E-state index contributed by atoms with van der Waals surface area (Å²) in [4.78, 5) is 127. The smallest absolute Gasteiger partial charge is 0.326 e. The van der Waals surface area contributed by atoms with Gasteiger partial charge in [-0.15, -0.1) is 0 Å². The second kappa shape index (κ2) is 26.9. The Morgan fingerprint density at radius 1 is 0.522 bits per heavy atom. The Balaban J connectivity index is 1.77. The van der Waals surface area contributed by atoms with Crippen molar-refractivity contribution in [1.29, 1.82) is 0 Å². The van der Waals surface area contributed by atoms with Crippen molar-refractivity contribution in [3.8, 4) is 0 Å². The van der Waals surface area contributed by atoms with Crippen LogP contribution in [0.1, 0.15) is 133 Å². The van der Waals surface area contributed by atoms with Crippen molar-refractivity contribution in [2.75, 3.05) is 31.6 Å². The van der Waals surface area contributed by atoms with Gasteiger partial charge in [-0.05, 0) is 113 Å². The van der Waals surface area contributed by atoms with Gasteiger partial charge in [-0.2, -0.15) is 11.8 Å². The molecule has 3 aliphatic heterocycles. The minimum absolute atomic E-state index is 0.0124. The summed E-state index contributed by atoms with van der Waals surface area (Å²) in [6.45, 7) is 17.5. The Morgan fingerprint density at radius 3 is 1.37 bits per heavy atom. The number of aliphatic carboxylic acids is 1. The summed E-state index contributed by atoms with van der Waals surface area (Å²) in [5, 5.41) is 23.5. The molecule has 0 unspecified atom stereocenters. The van der Waals surface area contributed by atoms with Crippen LogP contribution in [-0.4, -0.2) is 159 Å². The predicted octanol–water partition coefficient (Wildman–Crippen LogP) is 1.75. The first-order chi connectivity index (χ1) is 31.5. The number of thioether (sulfide) groups is 1. The highest BCUT2D eigenvalue weighted by Gasteiger charge is 2.47. The topological polar surface area (TPSA) is 270 Å². The molecule has 3 fully saturated rings. The third kappa shape index (κ3) is 16.9. The van der Waals surface area contributed by atoms with Crippen LogP contribution in [0.4, 0.5) is 0 Å². The second-order valence-corrected chi connectivity index (χ2v) is 21.3. The number of carbonyl (C=O) groups excluding carboxylic acids is 8. The molecule has 3 aliphatic rings. The van der Waals surface area contributed by atoms with Crippen LogP contribution in [0.15, 0.2) is 0 Å². The van der Waals surface area contributed by atoms with Gasteiger partial charge in [-0.3, -0.25) is 38.4 Å². The molecule has 8 N–H and O–H groups in total. The van der Waals surface area contributed by atoms with E-state index in [1.165, 1.54) is 33.4 Å². The van der Waals surface area contributed by atoms with Crippen molar-refractivity contribution in [3.05, 3.63) is 0 Å². The minimum Gasteiger partial charge on any atom is -0.480 e. The summed E-state index contributed by atoms with van der Waals surface area (Å²) in [6, 6.07) is -8.64. The van der Waals surface area contributed by atoms with Crippen molar-refractivity contribution < 1.29 is 48.3 Å². The van der Waals surface area contributed by atoms with E-state index >= 15 is 0 Å². The van der Waals surface area contributed by atoms with E-state index in [-0.39, 0.29) is 73.6 Å². The average Bonchev–Trinajstić information content (AvgIpc) is 4.05. The molecule has 0 spiro atoms. The Hall–Kier alpha value is -4.46. The number of nitrogens with one attached hydrogen (secondary N) is 5. The predicted molar refractivity (Wildman–Crippen MR) is 256 cm³/mol. The number of hydrogen-bond donors (Lipinski definition) is 7. The Kier molecular flexibility index (Phi) is 22.8. The molecule has 20 heteroatoms. The van der Waals surface area contributed by atoms with Crippen LogP contribution in [-0.2, 0) is 43.2 Å². The average molecular weight is 964 g/mol. The van der Waals surface area contributed by atoms with Crippen LogP contribution in [0, 0.1) is 23.7 Å². The molecule has 0 aromatic rings. The SMILES string of the molecule is CSCC[C@H](NC(=O)[C@H](CC(C)C)NC(=O)[C@@H]1CCCN1C(=O)[C@@H]1CCCN1C(=O)[C@@H]1CCCN1C(=O)[C@H](CC(C)C)NC(=O)[C@H](C)N)C(=O)N[C@@H](CC(C)C)C(=O)N[C@@H](CC(C)C)C(=O)O. The molecule has 380 valence electrons. The molecule has 0 aliphatic carbocycles. The van der Waals surface area contributed by atoms with E-state index < -0.39 is 89.9 Å². The van der Waals surface area contributed by atoms with Gasteiger partial charge in [-0.1, -0.05) is 55.4 Å². The van der Waals surface area contributed by atoms with Crippen LogP contribution in [0.3, 0.4) is 0 Å². The molecule has 3 heterocycles. The quantitative estimate of drug-likeness (QED) is 0.0690. The number of nitrogens with two attached hydrogens (primary N) is 1. The van der Waals surface area contributed by atoms with E-state index in [0.29, 0.717) is 63.8 Å². The van der Waals surface area contributed by atoms with Crippen molar-refractivity contribution in [2.45, 2.75) is 187 Å². The lowest BCUT2D eigenvalue weighted by Gasteiger charge is -2.35. The summed E-state index contributed by atoms with van der Waals surface area (Å²) in [7, 11) is 0. The molecule has 0 aromatic heterocycles. The van der Waals surface area contributed by atoms with Gasteiger partial charge in [0, 0.05) is 19.6 Å². The zero-order chi connectivity index (χ0) is 50.3. The Morgan fingerprint density at radius 2 is 0.896 bits per heavy atom. The van der Waals surface area contributed by atoms with Crippen molar-refractivity contribution in [2.24, 2.45) is 29.4 Å². The number of nitrogens with zero attached hydrogens (tertiary/aromatic N) is 3. The number of carbonyl (C=O) groups is 9. The molecule has 0 aromatic carbocycles. The van der Waals surface area contributed by atoms with Gasteiger partial charge in [-0.25, -0.2) is 4.79 Å². The minimum atomic E-state index is -1.18. The lowest BCUT2D eigenvalue weighted by molar-refractivity contribution is -0.151. The van der Waals surface area contributed by atoms with Gasteiger partial charge < -0.3 is 52.1 Å². The second-order valence-electron chi connectivity index (χ2n) is 20.3. The normalized spacial score (nSPS) is 21.2. The van der Waals surface area contributed by atoms with Crippen LogP contribution >= 0.6 is 11.8 Å². The highest BCUT2D eigenvalue weighted by molar-refractivity contribution is 7.98. The van der Waals surface area contributed by atoms with Gasteiger partial charge in [0.15, 0.2) is 0 Å².